The Morgan fingerprint density at radius 2 is 1.88 bits per heavy atom. The molecule has 5 heteroatoms. The quantitative estimate of drug-likeness (QED) is 0.501. The van der Waals surface area contributed by atoms with E-state index in [2.05, 4.69) is 29.1 Å². The van der Waals surface area contributed by atoms with Gasteiger partial charge in [0.25, 0.3) is 5.56 Å². The van der Waals surface area contributed by atoms with Crippen LogP contribution in [0, 0.1) is 0 Å². The van der Waals surface area contributed by atoms with Crippen molar-refractivity contribution in [3.05, 3.63) is 87.8 Å². The fraction of sp³-hybridized carbons (Fsp3) is 0.0952. The lowest BCUT2D eigenvalue weighted by molar-refractivity contribution is 0.819. The average molecular weight is 359 g/mol. The fourth-order valence-electron chi connectivity index (χ4n) is 2.80. The average Bonchev–Trinajstić information content (AvgIpc) is 3.13. The molecule has 0 aliphatic heterocycles. The first kappa shape index (κ1) is 16.4. The fourth-order valence-corrected chi connectivity index (χ4v) is 3.71. The van der Waals surface area contributed by atoms with Crippen LogP contribution in [0.25, 0.3) is 21.3 Å². The molecule has 0 amide bonds. The zero-order valence-corrected chi connectivity index (χ0v) is 15.1. The van der Waals surface area contributed by atoms with Crippen LogP contribution >= 0.6 is 11.3 Å². The van der Waals surface area contributed by atoms with Crippen molar-refractivity contribution in [1.29, 1.82) is 0 Å². The van der Waals surface area contributed by atoms with E-state index in [4.69, 9.17) is 0 Å². The molecule has 0 aliphatic carbocycles. The summed E-state index contributed by atoms with van der Waals surface area (Å²) in [5, 5.41) is 6.91. The Morgan fingerprint density at radius 3 is 2.62 bits per heavy atom. The first-order chi connectivity index (χ1) is 12.8. The predicted molar refractivity (Wildman–Crippen MR) is 108 cm³/mol. The molecule has 0 atom stereocenters. The second-order valence-corrected chi connectivity index (χ2v) is 6.79. The van der Waals surface area contributed by atoms with Crippen LogP contribution in [0.2, 0.25) is 0 Å². The SMILES string of the molecule is CCc1ccc(C=Nn2cnc3scc(-c4ccccc4)c3c2=O)cc1. The molecular formula is C21H17N3OS. The molecule has 0 saturated heterocycles. The molecule has 0 spiro atoms. The van der Waals surface area contributed by atoms with E-state index in [1.807, 2.05) is 47.8 Å². The highest BCUT2D eigenvalue weighted by atomic mass is 32.1. The minimum Gasteiger partial charge on any atom is -0.267 e. The highest BCUT2D eigenvalue weighted by Crippen LogP contribution is 2.30. The highest BCUT2D eigenvalue weighted by Gasteiger charge is 2.12. The van der Waals surface area contributed by atoms with Crippen LogP contribution in [0.4, 0.5) is 0 Å². The van der Waals surface area contributed by atoms with Gasteiger partial charge < -0.3 is 0 Å². The summed E-state index contributed by atoms with van der Waals surface area (Å²) in [6.45, 7) is 2.12. The third kappa shape index (κ3) is 3.09. The molecule has 128 valence electrons. The van der Waals surface area contributed by atoms with Crippen LogP contribution in [0.15, 0.2) is 76.2 Å². The van der Waals surface area contributed by atoms with Gasteiger partial charge in [-0.05, 0) is 23.1 Å². The minimum absolute atomic E-state index is 0.156. The molecule has 2 heterocycles. The lowest BCUT2D eigenvalue weighted by Crippen LogP contribution is -2.16. The number of aryl methyl sites for hydroxylation is 1. The van der Waals surface area contributed by atoms with Crippen LogP contribution in [0.1, 0.15) is 18.1 Å². The van der Waals surface area contributed by atoms with Gasteiger partial charge >= 0.3 is 0 Å². The zero-order valence-electron chi connectivity index (χ0n) is 14.3. The van der Waals surface area contributed by atoms with Crippen LogP contribution in [0.3, 0.4) is 0 Å². The molecule has 2 aromatic heterocycles. The maximum absolute atomic E-state index is 12.9. The van der Waals surface area contributed by atoms with Crippen molar-refractivity contribution in [3.8, 4) is 11.1 Å². The van der Waals surface area contributed by atoms with Gasteiger partial charge in [0.1, 0.15) is 11.2 Å². The topological polar surface area (TPSA) is 47.2 Å². The number of fused-ring (bicyclic) bond motifs is 1. The van der Waals surface area contributed by atoms with Crippen molar-refractivity contribution >= 4 is 27.8 Å². The molecule has 0 saturated carbocycles. The Labute approximate surface area is 155 Å². The zero-order chi connectivity index (χ0) is 17.9. The Morgan fingerprint density at radius 1 is 1.12 bits per heavy atom. The van der Waals surface area contributed by atoms with E-state index >= 15 is 0 Å². The van der Waals surface area contributed by atoms with E-state index in [0.717, 1.165) is 27.9 Å². The van der Waals surface area contributed by atoms with Gasteiger partial charge in [0.2, 0.25) is 0 Å². The predicted octanol–water partition coefficient (Wildman–Crippen LogP) is 4.57. The van der Waals surface area contributed by atoms with Gasteiger partial charge in [0.05, 0.1) is 11.6 Å². The summed E-state index contributed by atoms with van der Waals surface area (Å²) < 4.78 is 1.30. The molecule has 2 aromatic carbocycles. The Kier molecular flexibility index (Phi) is 4.46. The normalized spacial score (nSPS) is 11.4. The number of nitrogens with zero attached hydrogens (tertiary/aromatic N) is 3. The summed E-state index contributed by atoms with van der Waals surface area (Å²) in [6, 6.07) is 18.0. The van der Waals surface area contributed by atoms with Gasteiger partial charge in [-0.3, -0.25) is 4.79 Å². The van der Waals surface area contributed by atoms with Gasteiger partial charge in [-0.1, -0.05) is 61.5 Å². The number of thiophene rings is 1. The summed E-state index contributed by atoms with van der Waals surface area (Å²) in [5.74, 6) is 0. The van der Waals surface area contributed by atoms with E-state index < -0.39 is 0 Å². The Balaban J connectivity index is 1.75. The van der Waals surface area contributed by atoms with Crippen LogP contribution in [-0.4, -0.2) is 15.9 Å². The van der Waals surface area contributed by atoms with E-state index in [1.54, 1.807) is 6.21 Å². The molecule has 4 nitrogen and oxygen atoms in total. The Hall–Kier alpha value is -3.05. The van der Waals surface area contributed by atoms with Crippen molar-refractivity contribution in [1.82, 2.24) is 9.66 Å². The second kappa shape index (κ2) is 7.06. The van der Waals surface area contributed by atoms with Crippen molar-refractivity contribution < 1.29 is 0 Å². The second-order valence-electron chi connectivity index (χ2n) is 5.93. The summed E-state index contributed by atoms with van der Waals surface area (Å²) in [4.78, 5) is 18.0. The smallest absolute Gasteiger partial charge is 0.267 e. The number of benzene rings is 2. The number of hydrogen-bond donors (Lipinski definition) is 0. The van der Waals surface area contributed by atoms with Gasteiger partial charge in [0.15, 0.2) is 0 Å². The van der Waals surface area contributed by atoms with Gasteiger partial charge in [-0.15, -0.1) is 11.3 Å². The molecule has 0 bridgehead atoms. The van der Waals surface area contributed by atoms with Crippen molar-refractivity contribution in [2.24, 2.45) is 5.10 Å². The minimum atomic E-state index is -0.156. The standard InChI is InChI=1S/C21H17N3OS/c1-2-15-8-10-16(11-9-15)12-23-24-14-22-20-19(21(24)25)18(13-26-20)17-6-4-3-5-7-17/h3-14H,2H2,1H3. The maximum atomic E-state index is 12.9. The van der Waals surface area contributed by atoms with Gasteiger partial charge in [0, 0.05) is 10.9 Å². The lowest BCUT2D eigenvalue weighted by atomic mass is 10.1. The van der Waals surface area contributed by atoms with E-state index in [0.29, 0.717) is 5.39 Å². The molecule has 4 rings (SSSR count). The van der Waals surface area contributed by atoms with Crippen molar-refractivity contribution in [3.63, 3.8) is 0 Å². The van der Waals surface area contributed by atoms with E-state index in [-0.39, 0.29) is 5.56 Å². The molecular weight excluding hydrogens is 342 g/mol. The largest absolute Gasteiger partial charge is 0.283 e. The van der Waals surface area contributed by atoms with E-state index in [1.165, 1.54) is 27.9 Å². The maximum Gasteiger partial charge on any atom is 0.283 e. The molecule has 0 radical (unpaired) electrons. The number of aromatic nitrogens is 2. The first-order valence-corrected chi connectivity index (χ1v) is 9.32. The van der Waals surface area contributed by atoms with Crippen LogP contribution in [-0.2, 0) is 6.42 Å². The van der Waals surface area contributed by atoms with Crippen molar-refractivity contribution in [2.75, 3.05) is 0 Å². The van der Waals surface area contributed by atoms with Crippen LogP contribution in [0.5, 0.6) is 0 Å². The summed E-state index contributed by atoms with van der Waals surface area (Å²) in [5.41, 5.74) is 3.97. The van der Waals surface area contributed by atoms with Gasteiger partial charge in [-0.25, -0.2) is 4.98 Å². The lowest BCUT2D eigenvalue weighted by Gasteiger charge is -2.01. The van der Waals surface area contributed by atoms with Gasteiger partial charge in [-0.2, -0.15) is 9.78 Å². The highest BCUT2D eigenvalue weighted by molar-refractivity contribution is 7.17. The Bertz CT molecular complexity index is 1130. The molecule has 0 N–H and O–H groups in total. The third-order valence-corrected chi connectivity index (χ3v) is 5.17. The third-order valence-electron chi connectivity index (χ3n) is 4.28. The molecule has 4 aromatic rings. The first-order valence-electron chi connectivity index (χ1n) is 8.44. The number of hydrogen-bond acceptors (Lipinski definition) is 4. The molecule has 26 heavy (non-hydrogen) atoms. The summed E-state index contributed by atoms with van der Waals surface area (Å²) in [7, 11) is 0. The number of rotatable bonds is 4. The molecule has 0 fully saturated rings. The molecule has 0 aliphatic rings. The van der Waals surface area contributed by atoms with E-state index in [9.17, 15) is 4.79 Å². The monoisotopic (exact) mass is 359 g/mol. The molecule has 0 unspecified atom stereocenters. The van der Waals surface area contributed by atoms with Crippen molar-refractivity contribution in [2.45, 2.75) is 13.3 Å². The van der Waals surface area contributed by atoms with Crippen LogP contribution < -0.4 is 5.56 Å². The summed E-state index contributed by atoms with van der Waals surface area (Å²) >= 11 is 1.47. The summed E-state index contributed by atoms with van der Waals surface area (Å²) in [6.07, 6.45) is 4.16.